The largest absolute Gasteiger partial charge is 0.512 e. The first-order chi connectivity index (χ1) is 25.6. The summed E-state index contributed by atoms with van der Waals surface area (Å²) in [6, 6.07) is 18.5. The van der Waals surface area contributed by atoms with Crippen LogP contribution < -0.4 is 0 Å². The molecule has 1 N–H and O–H groups in total. The zero-order valence-corrected chi connectivity index (χ0v) is 33.4. The Morgan fingerprint density at radius 1 is 0.780 bits per heavy atom. The summed E-state index contributed by atoms with van der Waals surface area (Å²) in [6.45, 7) is 17.0. The van der Waals surface area contributed by atoms with Crippen LogP contribution in [0.1, 0.15) is 99.1 Å². The van der Waals surface area contributed by atoms with Gasteiger partial charge in [0.25, 0.3) is 0 Å². The molecule has 0 saturated carbocycles. The minimum atomic E-state index is -0.383. The van der Waals surface area contributed by atoms with Gasteiger partial charge in [0.05, 0.1) is 12.6 Å². The molecule has 1 aromatic heterocycles. The summed E-state index contributed by atoms with van der Waals surface area (Å²) in [5.74, 6) is 1.63. The molecule has 0 amide bonds. The maximum Gasteiger partial charge on any atom is 0.162 e. The van der Waals surface area contributed by atoms with Gasteiger partial charge in [-0.15, -0.1) is 34.9 Å². The third-order valence-corrected chi connectivity index (χ3v) is 9.14. The van der Waals surface area contributed by atoms with Gasteiger partial charge in [-0.2, -0.15) is 0 Å². The van der Waals surface area contributed by atoms with E-state index in [2.05, 4.69) is 52.0 Å². The van der Waals surface area contributed by atoms with E-state index in [1.54, 1.807) is 0 Å². The fourth-order valence-corrected chi connectivity index (χ4v) is 6.50. The standard InChI is InChI=1S/C33H32N.C13H24O2.Ir/c1-22(2)16-24-18-25(17-23(3)4)20-29(19-24)33-32-13-11-28-21-27(26-8-6-5-7-9-26)10-12-30(28)31(32)14-15-34-33;1-5-10(6-2)12(14)9-13(15)11(7-3)8-4;/h5-15,18-19,21-23H,16-17H2,1-4H3;9-11,14H,5-8H2,1-4H3;/q-1;;/b;12-9-;/i5D,6D,7D,8D,9D;;. The minimum absolute atomic E-state index is 0. The molecular formula is C46H56IrNO2-. The van der Waals surface area contributed by atoms with Crippen LogP contribution >= 0.6 is 0 Å². The molecule has 0 unspecified atom stereocenters. The maximum atomic E-state index is 11.7. The number of aliphatic hydroxyl groups excluding tert-OH is 1. The van der Waals surface area contributed by atoms with E-state index in [1.165, 1.54) is 17.2 Å². The SMILES string of the molecule is CCC(CC)C(=O)/C=C(\O)C(CC)CC.[2H]c1c([2H])c([2H])c(-c2ccc3c(ccc4c(-c5[c-]c(CC(C)C)cc(CC(C)C)c5)nccc43)c2)c([2H])c1[2H].[Ir]. The topological polar surface area (TPSA) is 50.2 Å². The van der Waals surface area contributed by atoms with Gasteiger partial charge in [-0.05, 0) is 101 Å². The summed E-state index contributed by atoms with van der Waals surface area (Å²) in [5, 5.41) is 13.8. The van der Waals surface area contributed by atoms with E-state index in [9.17, 15) is 9.90 Å². The molecule has 0 fully saturated rings. The van der Waals surface area contributed by atoms with Crippen LogP contribution in [0.5, 0.6) is 0 Å². The van der Waals surface area contributed by atoms with Crippen molar-refractivity contribution in [2.45, 2.75) is 93.9 Å². The van der Waals surface area contributed by atoms with Crippen molar-refractivity contribution in [1.29, 1.82) is 0 Å². The molecule has 0 aliphatic heterocycles. The predicted octanol–water partition coefficient (Wildman–Crippen LogP) is 12.8. The van der Waals surface area contributed by atoms with E-state index in [0.29, 0.717) is 17.4 Å². The number of carbonyl (C=O) groups excluding carboxylic acids is 1. The molecule has 4 aromatic carbocycles. The second kappa shape index (κ2) is 19.7. The molecule has 0 saturated heterocycles. The first-order valence-electron chi connectivity index (χ1n) is 20.5. The van der Waals surface area contributed by atoms with Crippen molar-refractivity contribution in [1.82, 2.24) is 4.98 Å². The quantitative estimate of drug-likeness (QED) is 0.0556. The van der Waals surface area contributed by atoms with E-state index in [4.69, 9.17) is 11.8 Å². The second-order valence-corrected chi connectivity index (χ2v) is 13.9. The molecule has 0 spiro atoms. The van der Waals surface area contributed by atoms with Gasteiger partial charge in [-0.25, -0.2) is 0 Å². The van der Waals surface area contributed by atoms with Gasteiger partial charge in [0.1, 0.15) is 0 Å². The van der Waals surface area contributed by atoms with Gasteiger partial charge in [0.15, 0.2) is 5.78 Å². The van der Waals surface area contributed by atoms with E-state index < -0.39 is 0 Å². The number of aromatic nitrogens is 1. The second-order valence-electron chi connectivity index (χ2n) is 13.9. The summed E-state index contributed by atoms with van der Waals surface area (Å²) in [7, 11) is 0. The fraction of sp³-hybridized carbons (Fsp3) is 0.391. The average molecular weight is 852 g/mol. The van der Waals surface area contributed by atoms with E-state index in [0.717, 1.165) is 71.3 Å². The first-order valence-corrected chi connectivity index (χ1v) is 18.0. The number of hydrogen-bond acceptors (Lipinski definition) is 3. The van der Waals surface area contributed by atoms with Crippen molar-refractivity contribution in [2.24, 2.45) is 23.7 Å². The number of aliphatic hydroxyl groups is 1. The molecule has 267 valence electrons. The average Bonchev–Trinajstić information content (AvgIpc) is 3.13. The molecule has 5 aromatic rings. The van der Waals surface area contributed by atoms with Gasteiger partial charge in [-0.3, -0.25) is 4.79 Å². The molecule has 1 radical (unpaired) electrons. The molecule has 4 heteroatoms. The normalized spacial score (nSPS) is 13.1. The Morgan fingerprint density at radius 3 is 2.04 bits per heavy atom. The van der Waals surface area contributed by atoms with Crippen LogP contribution in [0.3, 0.4) is 0 Å². The molecule has 3 nitrogen and oxygen atoms in total. The van der Waals surface area contributed by atoms with Crippen molar-refractivity contribution in [3.05, 3.63) is 114 Å². The number of hydrogen-bond donors (Lipinski definition) is 1. The van der Waals surface area contributed by atoms with Crippen molar-refractivity contribution < 1.29 is 36.9 Å². The molecular weight excluding hydrogens is 791 g/mol. The summed E-state index contributed by atoms with van der Waals surface area (Å²) in [5.41, 5.74) is 5.23. The number of rotatable bonds is 13. The Bertz CT molecular complexity index is 2080. The van der Waals surface area contributed by atoms with Crippen LogP contribution in [0.2, 0.25) is 0 Å². The van der Waals surface area contributed by atoms with Crippen molar-refractivity contribution in [3.63, 3.8) is 0 Å². The molecule has 0 aliphatic rings. The number of nitrogens with zero attached hydrogens (tertiary/aromatic N) is 1. The molecule has 0 atom stereocenters. The van der Waals surface area contributed by atoms with Gasteiger partial charge in [-0.1, -0.05) is 110 Å². The van der Waals surface area contributed by atoms with Crippen LogP contribution in [-0.4, -0.2) is 15.9 Å². The summed E-state index contributed by atoms with van der Waals surface area (Å²) in [6.07, 6.45) is 8.71. The smallest absolute Gasteiger partial charge is 0.162 e. The zero-order chi connectivity index (χ0) is 39.9. The minimum Gasteiger partial charge on any atom is -0.512 e. The summed E-state index contributed by atoms with van der Waals surface area (Å²) < 4.78 is 40.7. The number of allylic oxidation sites excluding steroid dienone is 2. The Balaban J connectivity index is 0.000000433. The monoisotopic (exact) mass is 852 g/mol. The number of fused-ring (bicyclic) bond motifs is 3. The van der Waals surface area contributed by atoms with Gasteiger partial charge in [0, 0.05) is 44.2 Å². The molecule has 5 rings (SSSR count). The van der Waals surface area contributed by atoms with Gasteiger partial charge >= 0.3 is 0 Å². The number of carbonyl (C=O) groups is 1. The van der Waals surface area contributed by atoms with Crippen molar-refractivity contribution in [3.8, 4) is 22.4 Å². The number of benzene rings is 4. The fourth-order valence-electron chi connectivity index (χ4n) is 6.50. The molecule has 0 bridgehead atoms. The van der Waals surface area contributed by atoms with E-state index in [1.807, 2.05) is 64.2 Å². The molecule has 0 aliphatic carbocycles. The van der Waals surface area contributed by atoms with Crippen LogP contribution in [0.15, 0.2) is 96.8 Å². The third kappa shape index (κ3) is 10.7. The molecule has 1 heterocycles. The van der Waals surface area contributed by atoms with Crippen LogP contribution in [0, 0.1) is 29.7 Å². The van der Waals surface area contributed by atoms with Crippen LogP contribution in [0.25, 0.3) is 43.9 Å². The zero-order valence-electron chi connectivity index (χ0n) is 36.0. The Labute approximate surface area is 322 Å². The van der Waals surface area contributed by atoms with Crippen molar-refractivity contribution in [2.75, 3.05) is 0 Å². The van der Waals surface area contributed by atoms with Crippen LogP contribution in [0.4, 0.5) is 0 Å². The molecule has 50 heavy (non-hydrogen) atoms. The Morgan fingerprint density at radius 2 is 1.42 bits per heavy atom. The Kier molecular flexibility index (Phi) is 13.2. The number of ketones is 1. The van der Waals surface area contributed by atoms with E-state index in [-0.39, 0.29) is 79.3 Å². The predicted molar refractivity (Wildman–Crippen MR) is 210 cm³/mol. The van der Waals surface area contributed by atoms with E-state index >= 15 is 0 Å². The number of pyridine rings is 1. The summed E-state index contributed by atoms with van der Waals surface area (Å²) >= 11 is 0. The van der Waals surface area contributed by atoms with Crippen molar-refractivity contribution >= 4 is 27.3 Å². The van der Waals surface area contributed by atoms with Gasteiger partial charge < -0.3 is 10.1 Å². The maximum absolute atomic E-state index is 11.7. The Hall–Kier alpha value is -3.59. The first kappa shape index (κ1) is 33.5. The third-order valence-electron chi connectivity index (χ3n) is 9.14. The van der Waals surface area contributed by atoms with Gasteiger partial charge in [0.2, 0.25) is 0 Å². The van der Waals surface area contributed by atoms with Crippen LogP contribution in [-0.2, 0) is 37.7 Å². The summed E-state index contributed by atoms with van der Waals surface area (Å²) in [4.78, 5) is 16.5.